The Morgan fingerprint density at radius 2 is 0.639 bits per heavy atom. The Kier molecular flexibility index (Phi) is 65.1. The average molecular weight is 1110 g/mol. The first kappa shape index (κ1) is 79.1. The molecule has 0 spiro atoms. The Hall–Kier alpha value is 0.600. The molecule has 12 nitrogen and oxygen atoms in total. The van der Waals surface area contributed by atoms with Crippen LogP contribution < -0.4 is 10.6 Å². The predicted octanol–water partition coefficient (Wildman–Crippen LogP) is 20.4. The van der Waals surface area contributed by atoms with E-state index in [4.69, 9.17) is 28.1 Å². The van der Waals surface area contributed by atoms with Crippen molar-refractivity contribution in [3.63, 3.8) is 0 Å². The third kappa shape index (κ3) is 61.5. The molecule has 0 heterocycles. The molecule has 0 saturated heterocycles. The van der Waals surface area contributed by atoms with Gasteiger partial charge in [-0.15, -0.1) is 0 Å². The summed E-state index contributed by atoms with van der Waals surface area (Å²) in [6, 6.07) is 0. The predicted molar refractivity (Wildman–Crippen MR) is 319 cm³/mol. The number of rotatable bonds is 51. The van der Waals surface area contributed by atoms with E-state index in [1.54, 1.807) is 25.8 Å². The van der Waals surface area contributed by atoms with Crippen LogP contribution in [0.1, 0.15) is 285 Å². The highest BCUT2D eigenvalue weighted by atomic mass is 31.2. The van der Waals surface area contributed by atoms with Gasteiger partial charge in [-0.1, -0.05) is 259 Å². The van der Waals surface area contributed by atoms with Crippen LogP contribution in [-0.2, 0) is 40.9 Å². The van der Waals surface area contributed by atoms with Crippen molar-refractivity contribution >= 4 is 30.2 Å². The molecule has 72 heavy (non-hydrogen) atoms. The lowest BCUT2D eigenvalue weighted by atomic mass is 10.1. The van der Waals surface area contributed by atoms with E-state index in [2.05, 4.69) is 32.8 Å². The molecule has 0 aliphatic carbocycles. The van der Waals surface area contributed by atoms with Gasteiger partial charge in [-0.25, -0.2) is 9.76 Å². The summed E-state index contributed by atoms with van der Waals surface area (Å²) in [4.78, 5) is 0. The van der Waals surface area contributed by atoms with Gasteiger partial charge < -0.3 is 22.6 Å². The summed E-state index contributed by atoms with van der Waals surface area (Å²) in [5, 5.41) is 2.79. The van der Waals surface area contributed by atoms with Gasteiger partial charge in [0.25, 0.3) is 7.52 Å². The summed E-state index contributed by atoms with van der Waals surface area (Å²) in [6.45, 7) is 11.1. The highest BCUT2D eigenvalue weighted by Gasteiger charge is 2.20. The van der Waals surface area contributed by atoms with Crippen molar-refractivity contribution in [1.29, 1.82) is 0 Å². The third-order valence-corrected chi connectivity index (χ3v) is 21.2. The maximum Gasteiger partial charge on any atom is 0.330 e. The molecule has 0 aliphatic heterocycles. The molecule has 0 bridgehead atoms. The van der Waals surface area contributed by atoms with Crippen LogP contribution in [0.25, 0.3) is 0 Å². The molecule has 0 fully saturated rings. The number of unbranched alkanes of at least 4 members (excludes halogenated alkanes) is 36. The number of hydrogen-bond acceptors (Lipinski definition) is 9. The van der Waals surface area contributed by atoms with Crippen molar-refractivity contribution in [3.05, 3.63) is 0 Å². The minimum Gasteiger partial charge on any atom is -0.321 e. The van der Waals surface area contributed by atoms with Crippen molar-refractivity contribution < 1.29 is 40.9 Å². The summed E-state index contributed by atoms with van der Waals surface area (Å²) < 4.78 is 73.3. The molecule has 0 aromatic rings. The molecule has 0 amide bonds. The van der Waals surface area contributed by atoms with Gasteiger partial charge in [0, 0.05) is 47.4 Å². The van der Waals surface area contributed by atoms with E-state index >= 15 is 0 Å². The molecule has 3 unspecified atom stereocenters. The van der Waals surface area contributed by atoms with Crippen LogP contribution >= 0.6 is 30.2 Å². The zero-order chi connectivity index (χ0) is 54.9. The largest absolute Gasteiger partial charge is 0.330 e. The van der Waals surface area contributed by atoms with Crippen molar-refractivity contribution in [2.45, 2.75) is 285 Å². The summed E-state index contributed by atoms with van der Waals surface area (Å²) in [6.07, 6.45) is 53.6. The van der Waals surface area contributed by atoms with Crippen LogP contribution in [0.2, 0.25) is 0 Å². The van der Waals surface area contributed by atoms with Crippen LogP contribution in [-0.4, -0.2) is 86.0 Å². The van der Waals surface area contributed by atoms with Crippen molar-refractivity contribution in [2.75, 3.05) is 81.3 Å². The molecule has 3 N–H and O–H groups in total. The number of hydrogen-bond donors (Lipinski definition) is 2. The highest BCUT2D eigenvalue weighted by Crippen LogP contribution is 2.47. The smallest absolute Gasteiger partial charge is 0.321 e. The Bertz CT molecular complexity index is 1170. The van der Waals surface area contributed by atoms with E-state index in [0.717, 1.165) is 32.1 Å². The molecule has 0 radical (unpaired) electrons. The Morgan fingerprint density at radius 3 is 0.889 bits per heavy atom. The van der Waals surface area contributed by atoms with E-state index in [1.807, 2.05) is 0 Å². The average Bonchev–Trinajstić information content (AvgIpc) is 3.37. The maximum atomic E-state index is 11.9. The Balaban J connectivity index is -0.000000428. The molecule has 16 heteroatoms. The van der Waals surface area contributed by atoms with E-state index in [-0.39, 0.29) is 0 Å². The van der Waals surface area contributed by atoms with Crippen molar-refractivity contribution in [1.82, 2.24) is 9.76 Å². The van der Waals surface area contributed by atoms with Crippen LogP contribution in [0.3, 0.4) is 0 Å². The number of nitrogens with one attached hydrogen (secondary N) is 1. The van der Waals surface area contributed by atoms with Gasteiger partial charge in [0.1, 0.15) is 0 Å². The second kappa shape index (κ2) is 59.3. The summed E-state index contributed by atoms with van der Waals surface area (Å²) in [7, 11) is 0.667. The standard InChI is InChI=1S/C14H33N2OP.C14H32NO2P.2C14H31O3P/c1-4-5-6-7-8-9-10-11-12-13-14-18(15,17)16(2)3;1-4-5-6-7-8-9-10-11-12-13-14-18(16,15-2)17-3;1-4-5-6-7-8-9-10-11-12-13-14-17-18(3,15)16-2;1-4-5-6-7-8-9-10-11-12-13-14-18(15,16-2)17-3/h4-14H2,1-3H3,(H2,15,17);4-14H2,1-3H3,(H,15,16);2*4-14H2,1-3H3. The Labute approximate surface area is 450 Å². The van der Waals surface area contributed by atoms with Gasteiger partial charge in [0.05, 0.1) is 12.8 Å². The van der Waals surface area contributed by atoms with Crippen LogP contribution in [0, 0.1) is 0 Å². The van der Waals surface area contributed by atoms with Gasteiger partial charge in [-0.3, -0.25) is 23.8 Å². The first-order chi connectivity index (χ1) is 34.5. The molecular weight excluding hydrogens is 983 g/mol. The van der Waals surface area contributed by atoms with Gasteiger partial charge in [0.15, 0.2) is 0 Å². The van der Waals surface area contributed by atoms with Crippen LogP contribution in [0.4, 0.5) is 0 Å². The maximum absolute atomic E-state index is 11.9. The zero-order valence-corrected chi connectivity index (χ0v) is 53.7. The first-order valence-corrected chi connectivity index (χ1v) is 37.3. The topological polar surface area (TPSA) is 156 Å². The molecular formula is C56H127N3O9P4. The van der Waals surface area contributed by atoms with Gasteiger partial charge in [-0.05, 0) is 46.8 Å². The minimum atomic E-state index is -2.76. The van der Waals surface area contributed by atoms with Gasteiger partial charge >= 0.3 is 15.2 Å². The molecule has 0 rings (SSSR count). The normalized spacial score (nSPS) is 14.0. The van der Waals surface area contributed by atoms with E-state index in [1.165, 1.54) is 260 Å². The molecule has 3 atom stereocenters. The number of nitrogens with zero attached hydrogens (tertiary/aromatic N) is 1. The molecule has 0 aromatic carbocycles. The molecule has 0 saturated carbocycles. The molecule has 440 valence electrons. The van der Waals surface area contributed by atoms with Crippen molar-refractivity contribution in [3.8, 4) is 0 Å². The van der Waals surface area contributed by atoms with E-state index < -0.39 is 30.2 Å². The van der Waals surface area contributed by atoms with Crippen LogP contribution in [0.5, 0.6) is 0 Å². The minimum absolute atomic E-state index is 0.552. The van der Waals surface area contributed by atoms with E-state index in [9.17, 15) is 18.3 Å². The quantitative estimate of drug-likeness (QED) is 0.0440. The lowest BCUT2D eigenvalue weighted by Gasteiger charge is -2.19. The lowest BCUT2D eigenvalue weighted by molar-refractivity contribution is 0.233. The fraction of sp³-hybridized carbons (Fsp3) is 1.00. The highest BCUT2D eigenvalue weighted by molar-refractivity contribution is 7.59. The first-order valence-electron chi connectivity index (χ1n) is 29.9. The molecule has 0 aliphatic rings. The SMILES string of the molecule is CCCCCCCCCCCCOP(C)(=O)OC.CCCCCCCCCCCCP(=O)(NC)OC.CCCCCCCCCCCCP(=O)(OC)OC.CCCCCCCCCCCCP(N)(=O)N(C)C. The fourth-order valence-corrected chi connectivity index (χ4v) is 12.0. The van der Waals surface area contributed by atoms with Crippen LogP contribution in [0.15, 0.2) is 0 Å². The second-order valence-electron chi connectivity index (χ2n) is 20.3. The summed E-state index contributed by atoms with van der Waals surface area (Å²) >= 11 is 0. The summed E-state index contributed by atoms with van der Waals surface area (Å²) in [5.74, 6) is 0. The number of nitrogens with two attached hydrogens (primary N) is 1. The zero-order valence-electron chi connectivity index (χ0n) is 50.1. The third-order valence-electron chi connectivity index (χ3n) is 13.4. The van der Waals surface area contributed by atoms with E-state index in [0.29, 0.717) is 25.1 Å². The monoisotopic (exact) mass is 1110 g/mol. The lowest BCUT2D eigenvalue weighted by Crippen LogP contribution is -2.17. The van der Waals surface area contributed by atoms with Gasteiger partial charge in [0.2, 0.25) is 7.44 Å². The molecule has 0 aromatic heterocycles. The van der Waals surface area contributed by atoms with Crippen molar-refractivity contribution in [2.24, 2.45) is 5.50 Å². The second-order valence-corrected chi connectivity index (χ2v) is 30.3. The Morgan fingerprint density at radius 1 is 0.375 bits per heavy atom. The van der Waals surface area contributed by atoms with Gasteiger partial charge in [-0.2, -0.15) is 0 Å². The summed E-state index contributed by atoms with van der Waals surface area (Å²) in [5.41, 5.74) is 5.75. The fourth-order valence-electron chi connectivity index (χ4n) is 8.05.